The van der Waals surface area contributed by atoms with Gasteiger partial charge in [-0.15, -0.1) is 12.4 Å². The molecule has 1 amide bonds. The van der Waals surface area contributed by atoms with Crippen LogP contribution in [0.1, 0.15) is 46.9 Å². The summed E-state index contributed by atoms with van der Waals surface area (Å²) in [6.07, 6.45) is 4.16. The number of rotatable bonds is 6. The van der Waals surface area contributed by atoms with Crippen molar-refractivity contribution in [2.45, 2.75) is 45.8 Å². The monoisotopic (exact) mass is 502 g/mol. The predicted molar refractivity (Wildman–Crippen MR) is 135 cm³/mol. The maximum atomic E-state index is 13.9. The highest BCUT2D eigenvalue weighted by atomic mass is 35.5. The van der Waals surface area contributed by atoms with Gasteiger partial charge >= 0.3 is 0 Å². The summed E-state index contributed by atoms with van der Waals surface area (Å²) in [5.41, 5.74) is 3.32. The average Bonchev–Trinajstić information content (AvgIpc) is 3.31. The molecule has 5 rings (SSSR count). The molecule has 2 aromatic heterocycles. The molecule has 8 nitrogen and oxygen atoms in total. The fourth-order valence-corrected chi connectivity index (χ4v) is 5.23. The largest absolute Gasteiger partial charge is 0.352 e. The molecule has 188 valence electrons. The van der Waals surface area contributed by atoms with Crippen LogP contribution in [-0.4, -0.2) is 51.2 Å². The molecule has 35 heavy (non-hydrogen) atoms. The van der Waals surface area contributed by atoms with Crippen LogP contribution < -0.4 is 16.2 Å². The number of benzene rings is 1. The molecule has 0 saturated carbocycles. The van der Waals surface area contributed by atoms with E-state index in [4.69, 9.17) is 0 Å². The average molecular weight is 503 g/mol. The van der Waals surface area contributed by atoms with E-state index in [1.807, 2.05) is 19.1 Å². The fourth-order valence-electron chi connectivity index (χ4n) is 5.23. The van der Waals surface area contributed by atoms with Gasteiger partial charge in [-0.25, -0.2) is 4.39 Å². The third-order valence-electron chi connectivity index (χ3n) is 7.14. The van der Waals surface area contributed by atoms with Gasteiger partial charge in [-0.1, -0.05) is 18.2 Å². The number of hydrogen-bond acceptors (Lipinski definition) is 5. The number of fused-ring (bicyclic) bond motifs is 2. The SMILES string of the molecule is CCn1c2c(c(=O)n3ncc(C(=O)NCC4CCN(Cc5ccccc5F)CC4)c13)CNCC2.Cl. The Morgan fingerprint density at radius 2 is 2.03 bits per heavy atom. The van der Waals surface area contributed by atoms with E-state index in [-0.39, 0.29) is 29.7 Å². The minimum Gasteiger partial charge on any atom is -0.352 e. The van der Waals surface area contributed by atoms with Crippen molar-refractivity contribution in [3.05, 3.63) is 69.0 Å². The number of nitrogens with zero attached hydrogens (tertiary/aromatic N) is 4. The van der Waals surface area contributed by atoms with Crippen LogP contribution in [0.25, 0.3) is 5.65 Å². The smallest absolute Gasteiger partial charge is 0.279 e. The van der Waals surface area contributed by atoms with E-state index in [1.54, 1.807) is 6.07 Å². The van der Waals surface area contributed by atoms with Gasteiger partial charge in [0.2, 0.25) is 0 Å². The highest BCUT2D eigenvalue weighted by Gasteiger charge is 2.25. The van der Waals surface area contributed by atoms with Crippen LogP contribution in [-0.2, 0) is 26.1 Å². The van der Waals surface area contributed by atoms with Crippen molar-refractivity contribution in [1.82, 2.24) is 29.7 Å². The Kier molecular flexibility index (Phi) is 7.88. The first-order valence-electron chi connectivity index (χ1n) is 12.1. The second-order valence-electron chi connectivity index (χ2n) is 9.22. The quantitative estimate of drug-likeness (QED) is 0.540. The molecule has 1 aromatic carbocycles. The number of piperidine rings is 1. The Labute approximate surface area is 209 Å². The molecule has 0 unspecified atom stereocenters. The Hall–Kier alpha value is -2.75. The number of carbonyl (C=O) groups is 1. The van der Waals surface area contributed by atoms with Crippen LogP contribution in [0, 0.1) is 11.7 Å². The van der Waals surface area contributed by atoms with Gasteiger partial charge in [-0.2, -0.15) is 9.61 Å². The van der Waals surface area contributed by atoms with Gasteiger partial charge in [0, 0.05) is 50.4 Å². The summed E-state index contributed by atoms with van der Waals surface area (Å²) in [5, 5.41) is 10.6. The van der Waals surface area contributed by atoms with Crippen molar-refractivity contribution in [3.8, 4) is 0 Å². The Morgan fingerprint density at radius 3 is 2.77 bits per heavy atom. The summed E-state index contributed by atoms with van der Waals surface area (Å²) in [6.45, 7) is 6.98. The molecule has 1 fully saturated rings. The van der Waals surface area contributed by atoms with Crippen molar-refractivity contribution in [2.24, 2.45) is 5.92 Å². The van der Waals surface area contributed by atoms with Crippen LogP contribution in [0.4, 0.5) is 4.39 Å². The number of carbonyl (C=O) groups excluding carboxylic acids is 1. The Morgan fingerprint density at radius 1 is 1.26 bits per heavy atom. The second-order valence-corrected chi connectivity index (χ2v) is 9.22. The van der Waals surface area contributed by atoms with Crippen molar-refractivity contribution in [1.29, 1.82) is 0 Å². The highest BCUT2D eigenvalue weighted by molar-refractivity contribution is 5.99. The molecule has 2 N–H and O–H groups in total. The number of hydrogen-bond donors (Lipinski definition) is 2. The summed E-state index contributed by atoms with van der Waals surface area (Å²) in [5.74, 6) is 0.0162. The van der Waals surface area contributed by atoms with E-state index in [0.717, 1.165) is 55.7 Å². The lowest BCUT2D eigenvalue weighted by Gasteiger charge is -2.32. The minimum atomic E-state index is -0.195. The number of aryl methyl sites for hydroxylation is 1. The molecule has 0 atom stereocenters. The predicted octanol–water partition coefficient (Wildman–Crippen LogP) is 2.36. The second kappa shape index (κ2) is 10.9. The van der Waals surface area contributed by atoms with E-state index >= 15 is 0 Å². The third kappa shape index (κ3) is 4.98. The van der Waals surface area contributed by atoms with Crippen molar-refractivity contribution < 1.29 is 9.18 Å². The molecule has 2 aliphatic heterocycles. The first-order chi connectivity index (χ1) is 16.6. The van der Waals surface area contributed by atoms with Gasteiger partial charge < -0.3 is 15.2 Å². The summed E-state index contributed by atoms with van der Waals surface area (Å²) >= 11 is 0. The molecule has 0 spiro atoms. The van der Waals surface area contributed by atoms with E-state index < -0.39 is 0 Å². The zero-order chi connectivity index (χ0) is 23.7. The number of nitrogens with one attached hydrogen (secondary N) is 2. The first kappa shape index (κ1) is 25.3. The zero-order valence-corrected chi connectivity index (χ0v) is 20.7. The summed E-state index contributed by atoms with van der Waals surface area (Å²) < 4.78 is 17.4. The highest BCUT2D eigenvalue weighted by Crippen LogP contribution is 2.21. The maximum absolute atomic E-state index is 13.9. The molecule has 0 aliphatic carbocycles. The number of likely N-dealkylation sites (tertiary alicyclic amines) is 1. The summed E-state index contributed by atoms with van der Waals surface area (Å²) in [6, 6.07) is 6.92. The lowest BCUT2D eigenvalue weighted by molar-refractivity contribution is 0.0936. The Bertz CT molecular complexity index is 1260. The summed E-state index contributed by atoms with van der Waals surface area (Å²) in [4.78, 5) is 28.3. The number of halogens is 2. The molecule has 0 radical (unpaired) electrons. The molecule has 1 saturated heterocycles. The van der Waals surface area contributed by atoms with Crippen LogP contribution in [0.15, 0.2) is 35.3 Å². The molecule has 4 heterocycles. The van der Waals surface area contributed by atoms with E-state index in [9.17, 15) is 14.0 Å². The van der Waals surface area contributed by atoms with Gasteiger partial charge in [0.25, 0.3) is 11.5 Å². The fraction of sp³-hybridized carbons (Fsp3) is 0.480. The third-order valence-corrected chi connectivity index (χ3v) is 7.14. The van der Waals surface area contributed by atoms with E-state index in [0.29, 0.717) is 43.3 Å². The van der Waals surface area contributed by atoms with Gasteiger partial charge in [0.05, 0.1) is 11.8 Å². The molecule has 0 bridgehead atoms. The van der Waals surface area contributed by atoms with Crippen LogP contribution in [0.3, 0.4) is 0 Å². The standard InChI is InChI=1S/C25H31FN6O2.ClH/c1-2-31-22-7-10-27-14-19(22)25(34)32-24(31)20(15-29-32)23(33)28-13-17-8-11-30(12-9-17)16-18-5-3-4-6-21(18)26;/h3-6,15,17,27H,2,7-14,16H2,1H3,(H,28,33);1H. The molecule has 10 heteroatoms. The van der Waals surface area contributed by atoms with Crippen molar-refractivity contribution >= 4 is 24.0 Å². The normalized spacial score (nSPS) is 16.6. The van der Waals surface area contributed by atoms with Gasteiger partial charge in [-0.3, -0.25) is 14.5 Å². The van der Waals surface area contributed by atoms with Crippen LogP contribution in [0.5, 0.6) is 0 Å². The van der Waals surface area contributed by atoms with Crippen molar-refractivity contribution in [2.75, 3.05) is 26.2 Å². The van der Waals surface area contributed by atoms with Crippen LogP contribution >= 0.6 is 12.4 Å². The lowest BCUT2D eigenvalue weighted by Crippen LogP contribution is -2.39. The van der Waals surface area contributed by atoms with E-state index in [1.165, 1.54) is 16.8 Å². The first-order valence-corrected chi connectivity index (χ1v) is 12.1. The topological polar surface area (TPSA) is 83.7 Å². The number of aromatic nitrogens is 3. The molecule has 3 aromatic rings. The molecular formula is C25H32ClFN6O2. The van der Waals surface area contributed by atoms with Gasteiger partial charge in [0.1, 0.15) is 11.4 Å². The van der Waals surface area contributed by atoms with Crippen molar-refractivity contribution in [3.63, 3.8) is 0 Å². The zero-order valence-electron chi connectivity index (χ0n) is 19.9. The molecule has 2 aliphatic rings. The van der Waals surface area contributed by atoms with E-state index in [2.05, 4.69) is 25.2 Å². The maximum Gasteiger partial charge on any atom is 0.279 e. The number of amides is 1. The van der Waals surface area contributed by atoms with Gasteiger partial charge in [-0.05, 0) is 44.8 Å². The summed E-state index contributed by atoms with van der Waals surface area (Å²) in [7, 11) is 0. The lowest BCUT2D eigenvalue weighted by atomic mass is 9.96. The minimum absolute atomic E-state index is 0. The van der Waals surface area contributed by atoms with Gasteiger partial charge in [0.15, 0.2) is 5.65 Å². The Balaban J connectivity index is 0.00000289. The van der Waals surface area contributed by atoms with Crippen LogP contribution in [0.2, 0.25) is 0 Å². The molecular weight excluding hydrogens is 471 g/mol.